The molecule has 1 aromatic rings. The number of halogens is 1. The second-order valence-corrected chi connectivity index (χ2v) is 4.97. The maximum absolute atomic E-state index is 13.5. The molecule has 1 atom stereocenters. The molecule has 7 heteroatoms. The molecule has 0 aliphatic carbocycles. The summed E-state index contributed by atoms with van der Waals surface area (Å²) in [7, 11) is 1.31. The van der Waals surface area contributed by atoms with Crippen molar-refractivity contribution in [2.45, 2.75) is 26.3 Å². The smallest absolute Gasteiger partial charge is 0.295 e. The number of hydrogen-bond acceptors (Lipinski definition) is 5. The quantitative estimate of drug-likeness (QED) is 0.593. The van der Waals surface area contributed by atoms with Gasteiger partial charge in [0.15, 0.2) is 11.6 Å². The van der Waals surface area contributed by atoms with Gasteiger partial charge in [-0.2, -0.15) is 0 Å². The van der Waals surface area contributed by atoms with Gasteiger partial charge in [-0.25, -0.2) is 4.39 Å². The van der Waals surface area contributed by atoms with Crippen LogP contribution in [0, 0.1) is 21.8 Å². The zero-order chi connectivity index (χ0) is 15.3. The zero-order valence-corrected chi connectivity index (χ0v) is 11.9. The molecule has 20 heavy (non-hydrogen) atoms. The second-order valence-electron chi connectivity index (χ2n) is 4.97. The Morgan fingerprint density at radius 3 is 2.60 bits per heavy atom. The van der Waals surface area contributed by atoms with Crippen LogP contribution in [0.2, 0.25) is 0 Å². The molecule has 1 aromatic carbocycles. The molecule has 0 saturated heterocycles. The highest BCUT2D eigenvalue weighted by Crippen LogP contribution is 2.32. The van der Waals surface area contributed by atoms with E-state index in [1.54, 1.807) is 0 Å². The number of nitrogens with one attached hydrogen (secondary N) is 1. The molecule has 0 radical (unpaired) electrons. The van der Waals surface area contributed by atoms with Crippen LogP contribution in [0.25, 0.3) is 0 Å². The number of anilines is 1. The van der Waals surface area contributed by atoms with E-state index in [2.05, 4.69) is 5.32 Å². The topological polar surface area (TPSA) is 90.4 Å². The number of ether oxygens (including phenoxy) is 1. The summed E-state index contributed by atoms with van der Waals surface area (Å²) in [5, 5.41) is 14.0. The Bertz CT molecular complexity index is 480. The average Bonchev–Trinajstić information content (AvgIpc) is 2.38. The predicted octanol–water partition coefficient (Wildman–Crippen LogP) is 2.53. The number of nitrogens with two attached hydrogens (primary N) is 1. The summed E-state index contributed by atoms with van der Waals surface area (Å²) in [5.41, 5.74) is 5.54. The lowest BCUT2D eigenvalue weighted by molar-refractivity contribution is -0.384. The van der Waals surface area contributed by atoms with Crippen LogP contribution in [0.4, 0.5) is 15.8 Å². The Morgan fingerprint density at radius 1 is 1.50 bits per heavy atom. The Hall–Kier alpha value is -1.89. The van der Waals surface area contributed by atoms with Crippen LogP contribution in [-0.2, 0) is 0 Å². The summed E-state index contributed by atoms with van der Waals surface area (Å²) in [6.45, 7) is 4.39. The Morgan fingerprint density at radius 2 is 2.15 bits per heavy atom. The van der Waals surface area contributed by atoms with Gasteiger partial charge in [0.05, 0.1) is 18.1 Å². The van der Waals surface area contributed by atoms with Crippen molar-refractivity contribution in [3.63, 3.8) is 0 Å². The Labute approximate surface area is 117 Å². The lowest BCUT2D eigenvalue weighted by Crippen LogP contribution is -2.30. The van der Waals surface area contributed by atoms with Crippen molar-refractivity contribution < 1.29 is 14.1 Å². The molecule has 0 saturated carbocycles. The van der Waals surface area contributed by atoms with Gasteiger partial charge in [0.1, 0.15) is 5.69 Å². The SMILES string of the molecule is COc1cc(NC(CN)CC(C)C)c([N+](=O)[O-])cc1F. The molecule has 0 bridgehead atoms. The van der Waals surface area contributed by atoms with Gasteiger partial charge in [0.2, 0.25) is 0 Å². The highest BCUT2D eigenvalue weighted by Gasteiger charge is 2.21. The van der Waals surface area contributed by atoms with Crippen LogP contribution in [0.15, 0.2) is 12.1 Å². The lowest BCUT2D eigenvalue weighted by Gasteiger charge is -2.20. The standard InChI is InChI=1S/C13H20FN3O3/c1-8(2)4-9(7-15)16-11-6-13(20-3)10(14)5-12(11)17(18)19/h5-6,8-9,16H,4,7,15H2,1-3H3. The van der Waals surface area contributed by atoms with E-state index >= 15 is 0 Å². The van der Waals surface area contributed by atoms with Crippen molar-refractivity contribution in [3.05, 3.63) is 28.1 Å². The third-order valence-corrected chi connectivity index (χ3v) is 2.87. The van der Waals surface area contributed by atoms with Gasteiger partial charge in [0, 0.05) is 18.7 Å². The molecule has 112 valence electrons. The minimum Gasteiger partial charge on any atom is -0.494 e. The van der Waals surface area contributed by atoms with Gasteiger partial charge in [-0.05, 0) is 12.3 Å². The molecular formula is C13H20FN3O3. The molecule has 6 nitrogen and oxygen atoms in total. The first-order chi connectivity index (χ1) is 9.38. The van der Waals surface area contributed by atoms with Crippen molar-refractivity contribution >= 4 is 11.4 Å². The number of nitrogens with zero attached hydrogens (tertiary/aromatic N) is 1. The molecule has 0 spiro atoms. The largest absolute Gasteiger partial charge is 0.494 e. The third kappa shape index (κ3) is 4.06. The molecule has 3 N–H and O–H groups in total. The number of benzene rings is 1. The highest BCUT2D eigenvalue weighted by atomic mass is 19.1. The molecule has 0 amide bonds. The fraction of sp³-hybridized carbons (Fsp3) is 0.538. The summed E-state index contributed by atoms with van der Waals surface area (Å²) in [6.07, 6.45) is 0.757. The van der Waals surface area contributed by atoms with Crippen molar-refractivity contribution in [1.82, 2.24) is 0 Å². The molecular weight excluding hydrogens is 265 g/mol. The molecule has 0 heterocycles. The van der Waals surface area contributed by atoms with Gasteiger partial charge >= 0.3 is 0 Å². The molecule has 1 unspecified atom stereocenters. The van der Waals surface area contributed by atoms with E-state index in [0.717, 1.165) is 12.5 Å². The lowest BCUT2D eigenvalue weighted by atomic mass is 10.0. The van der Waals surface area contributed by atoms with E-state index in [9.17, 15) is 14.5 Å². The van der Waals surface area contributed by atoms with Gasteiger partial charge in [-0.1, -0.05) is 13.8 Å². The van der Waals surface area contributed by atoms with Crippen molar-refractivity contribution in [3.8, 4) is 5.75 Å². The average molecular weight is 285 g/mol. The summed E-state index contributed by atoms with van der Waals surface area (Å²) in [4.78, 5) is 10.4. The normalized spacial score (nSPS) is 12.3. The molecule has 0 aromatic heterocycles. The van der Waals surface area contributed by atoms with E-state index in [1.165, 1.54) is 13.2 Å². The maximum atomic E-state index is 13.5. The Kier molecular flexibility index (Phi) is 5.69. The van der Waals surface area contributed by atoms with Crippen LogP contribution in [-0.4, -0.2) is 24.6 Å². The second kappa shape index (κ2) is 7.04. The van der Waals surface area contributed by atoms with Gasteiger partial charge in [-0.3, -0.25) is 10.1 Å². The number of nitro groups is 1. The maximum Gasteiger partial charge on any atom is 0.295 e. The van der Waals surface area contributed by atoms with Crippen LogP contribution in [0.1, 0.15) is 20.3 Å². The number of nitro benzene ring substituents is 1. The van der Waals surface area contributed by atoms with E-state index in [0.29, 0.717) is 12.5 Å². The first-order valence-electron chi connectivity index (χ1n) is 6.37. The fourth-order valence-corrected chi connectivity index (χ4v) is 1.97. The van der Waals surface area contributed by atoms with Crippen molar-refractivity contribution in [2.24, 2.45) is 11.7 Å². The van der Waals surface area contributed by atoms with Crippen LogP contribution < -0.4 is 15.8 Å². The zero-order valence-electron chi connectivity index (χ0n) is 11.9. The van der Waals surface area contributed by atoms with Crippen LogP contribution >= 0.6 is 0 Å². The summed E-state index contributed by atoms with van der Waals surface area (Å²) >= 11 is 0. The summed E-state index contributed by atoms with van der Waals surface area (Å²) in [5.74, 6) is -0.422. The van der Waals surface area contributed by atoms with Gasteiger partial charge < -0.3 is 15.8 Å². The minimum atomic E-state index is -0.766. The van der Waals surface area contributed by atoms with Gasteiger partial charge in [0.25, 0.3) is 5.69 Å². The van der Waals surface area contributed by atoms with Crippen molar-refractivity contribution in [1.29, 1.82) is 0 Å². The minimum absolute atomic E-state index is 0.0431. The summed E-state index contributed by atoms with van der Waals surface area (Å²) < 4.78 is 18.4. The van der Waals surface area contributed by atoms with Crippen molar-refractivity contribution in [2.75, 3.05) is 19.0 Å². The van der Waals surface area contributed by atoms with E-state index in [1.807, 2.05) is 13.8 Å². The van der Waals surface area contributed by atoms with E-state index < -0.39 is 10.7 Å². The molecule has 0 aliphatic rings. The first kappa shape index (κ1) is 16.2. The molecule has 0 fully saturated rings. The Balaban J connectivity index is 3.10. The third-order valence-electron chi connectivity index (χ3n) is 2.87. The highest BCUT2D eigenvalue weighted by molar-refractivity contribution is 5.65. The van der Waals surface area contributed by atoms with Crippen LogP contribution in [0.3, 0.4) is 0 Å². The number of hydrogen-bond donors (Lipinski definition) is 2. The number of methoxy groups -OCH3 is 1. The summed E-state index contributed by atoms with van der Waals surface area (Å²) in [6, 6.07) is 2.02. The van der Waals surface area contributed by atoms with Crippen LogP contribution in [0.5, 0.6) is 5.75 Å². The molecule has 1 rings (SSSR count). The van der Waals surface area contributed by atoms with E-state index in [4.69, 9.17) is 10.5 Å². The van der Waals surface area contributed by atoms with E-state index in [-0.39, 0.29) is 23.2 Å². The fourth-order valence-electron chi connectivity index (χ4n) is 1.97. The first-order valence-corrected chi connectivity index (χ1v) is 6.37. The number of rotatable bonds is 7. The van der Waals surface area contributed by atoms with Gasteiger partial charge in [-0.15, -0.1) is 0 Å². The molecule has 0 aliphatic heterocycles. The predicted molar refractivity (Wildman–Crippen MR) is 75.5 cm³/mol. The monoisotopic (exact) mass is 285 g/mol.